The SMILES string of the molecule is [B]c1cc(C[C@@H](OC(=O)N2CCC(N3CCc4ccccc4NC3=O)CC2)C(=O)N2CCC(C3CCN(C(=O)C(=O)OCC)CC3)CC2)cc(C=C)c1O. The minimum atomic E-state index is -1.12. The Hall–Kier alpha value is -5.01. The van der Waals surface area contributed by atoms with Gasteiger partial charge in [-0.25, -0.2) is 14.4 Å². The van der Waals surface area contributed by atoms with Crippen molar-refractivity contribution in [2.24, 2.45) is 11.8 Å². The Balaban J connectivity index is 1.06. The van der Waals surface area contributed by atoms with Crippen molar-refractivity contribution in [3.05, 3.63) is 59.7 Å². The second kappa shape index (κ2) is 17.4. The first-order valence-corrected chi connectivity index (χ1v) is 19.2. The number of nitrogens with one attached hydrogen (secondary N) is 1. The Morgan fingerprint density at radius 2 is 1.56 bits per heavy atom. The molecule has 54 heavy (non-hydrogen) atoms. The second-order valence-electron chi connectivity index (χ2n) is 14.7. The quantitative estimate of drug-likeness (QED) is 0.238. The van der Waals surface area contributed by atoms with Crippen LogP contribution < -0.4 is 10.8 Å². The van der Waals surface area contributed by atoms with E-state index in [0.29, 0.717) is 81.6 Å². The Labute approximate surface area is 318 Å². The van der Waals surface area contributed by atoms with Crippen molar-refractivity contribution in [3.63, 3.8) is 0 Å². The lowest BCUT2D eigenvalue weighted by Crippen LogP contribution is -2.52. The number of para-hydroxylation sites is 1. The van der Waals surface area contributed by atoms with Gasteiger partial charge in [-0.1, -0.05) is 42.4 Å². The molecule has 2 aromatic carbocycles. The molecule has 4 heterocycles. The van der Waals surface area contributed by atoms with Gasteiger partial charge in [0.05, 0.1) is 6.61 Å². The van der Waals surface area contributed by atoms with E-state index in [2.05, 4.69) is 11.9 Å². The van der Waals surface area contributed by atoms with Crippen LogP contribution >= 0.6 is 0 Å². The molecule has 4 aliphatic rings. The Morgan fingerprint density at radius 1 is 0.926 bits per heavy atom. The molecule has 2 radical (unpaired) electrons. The highest BCUT2D eigenvalue weighted by atomic mass is 16.6. The number of phenols is 1. The van der Waals surface area contributed by atoms with Gasteiger partial charge in [0, 0.05) is 69.5 Å². The summed E-state index contributed by atoms with van der Waals surface area (Å²) in [6.45, 7) is 8.93. The van der Waals surface area contributed by atoms with E-state index in [1.807, 2.05) is 29.2 Å². The molecule has 0 saturated carbocycles. The number of hydrogen-bond donors (Lipinski definition) is 2. The fourth-order valence-corrected chi connectivity index (χ4v) is 8.40. The van der Waals surface area contributed by atoms with Gasteiger partial charge in [-0.2, -0.15) is 0 Å². The smallest absolute Gasteiger partial charge is 0.410 e. The van der Waals surface area contributed by atoms with Gasteiger partial charge in [-0.05, 0) is 87.0 Å². The van der Waals surface area contributed by atoms with Crippen molar-refractivity contribution in [2.75, 3.05) is 57.7 Å². The lowest BCUT2D eigenvalue weighted by molar-refractivity contribution is -0.160. The summed E-state index contributed by atoms with van der Waals surface area (Å²) in [6.07, 6.45) is 4.85. The molecule has 0 unspecified atom stereocenters. The number of phenolic OH excluding ortho intramolecular Hbond substituents is 1. The van der Waals surface area contributed by atoms with Crippen LogP contribution in [0.2, 0.25) is 0 Å². The number of aromatic hydroxyl groups is 1. The molecule has 0 spiro atoms. The zero-order chi connectivity index (χ0) is 38.4. The van der Waals surface area contributed by atoms with Gasteiger partial charge in [0.25, 0.3) is 5.91 Å². The van der Waals surface area contributed by atoms with E-state index in [-0.39, 0.29) is 42.2 Å². The van der Waals surface area contributed by atoms with E-state index in [1.54, 1.807) is 33.8 Å². The normalized spacial score (nSPS) is 19.3. The summed E-state index contributed by atoms with van der Waals surface area (Å²) in [7, 11) is 6.08. The van der Waals surface area contributed by atoms with E-state index < -0.39 is 24.1 Å². The number of benzene rings is 2. The molecular weight excluding hydrogens is 689 g/mol. The predicted molar refractivity (Wildman–Crippen MR) is 203 cm³/mol. The summed E-state index contributed by atoms with van der Waals surface area (Å²) in [5.74, 6) is -1.06. The zero-order valence-electron chi connectivity index (χ0n) is 31.0. The number of likely N-dealkylation sites (tertiary alicyclic amines) is 3. The highest BCUT2D eigenvalue weighted by Crippen LogP contribution is 2.33. The maximum absolute atomic E-state index is 14.2. The molecule has 2 N–H and O–H groups in total. The predicted octanol–water partition coefficient (Wildman–Crippen LogP) is 3.47. The standard InChI is InChI=1S/C40H50BN5O8/c1-3-27-23-26(24-32(41)35(27)47)25-34(36(48)43-16-9-28(10-17-43)29-11-18-44(19-12-29)37(49)38(50)53-4-2)54-40(52)45-20-14-31(15-21-45)46-22-13-30-7-5-6-8-33(30)42-39(46)51/h3,5-8,23-24,28-29,31,34,47H,1,4,9-22,25H2,2H3,(H,42,51)/t34-/m1/s1. The third kappa shape index (κ3) is 8.85. The number of anilines is 1. The Morgan fingerprint density at radius 3 is 2.20 bits per heavy atom. The van der Waals surface area contributed by atoms with Crippen molar-refractivity contribution < 1.29 is 38.6 Å². The Kier molecular flexibility index (Phi) is 12.5. The number of rotatable bonds is 8. The van der Waals surface area contributed by atoms with Crippen LogP contribution in [0.1, 0.15) is 62.1 Å². The average molecular weight is 740 g/mol. The average Bonchev–Trinajstić information content (AvgIpc) is 3.36. The van der Waals surface area contributed by atoms with E-state index >= 15 is 0 Å². The summed E-state index contributed by atoms with van der Waals surface area (Å²) in [5.41, 5.74) is 3.10. The number of ether oxygens (including phenoxy) is 2. The third-order valence-electron chi connectivity index (χ3n) is 11.5. The molecule has 3 saturated heterocycles. The van der Waals surface area contributed by atoms with Gasteiger partial charge >= 0.3 is 24.0 Å². The molecule has 0 aliphatic carbocycles. The van der Waals surface area contributed by atoms with Crippen molar-refractivity contribution in [1.29, 1.82) is 0 Å². The molecule has 6 rings (SSSR count). The Bertz CT molecular complexity index is 1730. The van der Waals surface area contributed by atoms with Crippen LogP contribution in [0.25, 0.3) is 6.08 Å². The molecule has 14 heteroatoms. The number of fused-ring (bicyclic) bond motifs is 1. The van der Waals surface area contributed by atoms with Gasteiger partial charge in [0.15, 0.2) is 6.10 Å². The summed E-state index contributed by atoms with van der Waals surface area (Å²) in [5, 5.41) is 13.4. The molecule has 286 valence electrons. The van der Waals surface area contributed by atoms with Crippen LogP contribution in [-0.2, 0) is 36.7 Å². The van der Waals surface area contributed by atoms with E-state index in [1.165, 1.54) is 6.08 Å². The summed E-state index contributed by atoms with van der Waals surface area (Å²) < 4.78 is 10.9. The number of piperidine rings is 3. The number of nitrogens with zero attached hydrogens (tertiary/aromatic N) is 4. The van der Waals surface area contributed by atoms with Crippen LogP contribution in [0.3, 0.4) is 0 Å². The second-order valence-corrected chi connectivity index (χ2v) is 14.7. The van der Waals surface area contributed by atoms with Crippen LogP contribution in [0.4, 0.5) is 15.3 Å². The van der Waals surface area contributed by atoms with E-state index in [4.69, 9.17) is 17.3 Å². The number of hydrogen-bond acceptors (Lipinski definition) is 8. The summed E-state index contributed by atoms with van der Waals surface area (Å²) >= 11 is 0. The molecule has 0 bridgehead atoms. The number of urea groups is 1. The van der Waals surface area contributed by atoms with Crippen molar-refractivity contribution >= 4 is 55.0 Å². The fourth-order valence-electron chi connectivity index (χ4n) is 8.40. The number of amides is 5. The zero-order valence-corrected chi connectivity index (χ0v) is 31.0. The number of carbonyl (C=O) groups excluding carboxylic acids is 5. The summed E-state index contributed by atoms with van der Waals surface area (Å²) in [4.78, 5) is 72.1. The first-order valence-electron chi connectivity index (χ1n) is 19.2. The van der Waals surface area contributed by atoms with Crippen molar-refractivity contribution in [3.8, 4) is 5.75 Å². The van der Waals surface area contributed by atoms with Crippen molar-refractivity contribution in [1.82, 2.24) is 19.6 Å². The van der Waals surface area contributed by atoms with Crippen LogP contribution in [0.5, 0.6) is 5.75 Å². The van der Waals surface area contributed by atoms with Crippen LogP contribution in [0.15, 0.2) is 43.0 Å². The molecule has 0 aromatic heterocycles. The third-order valence-corrected chi connectivity index (χ3v) is 11.5. The minimum absolute atomic E-state index is 0.0373. The van der Waals surface area contributed by atoms with Gasteiger partial charge in [0.2, 0.25) is 0 Å². The first-order chi connectivity index (χ1) is 26.1. The first kappa shape index (κ1) is 38.7. The highest BCUT2D eigenvalue weighted by molar-refractivity contribution is 6.34. The monoisotopic (exact) mass is 739 g/mol. The number of carbonyl (C=O) groups is 5. The van der Waals surface area contributed by atoms with E-state index in [0.717, 1.165) is 43.4 Å². The maximum Gasteiger partial charge on any atom is 0.410 e. The van der Waals surface area contributed by atoms with Crippen molar-refractivity contribution in [2.45, 2.75) is 70.4 Å². The van der Waals surface area contributed by atoms with E-state index in [9.17, 15) is 29.1 Å². The fraction of sp³-hybridized carbons (Fsp3) is 0.525. The highest BCUT2D eigenvalue weighted by Gasteiger charge is 2.38. The molecule has 1 atom stereocenters. The molecule has 13 nitrogen and oxygen atoms in total. The maximum atomic E-state index is 14.2. The van der Waals surface area contributed by atoms with Gasteiger partial charge in [0.1, 0.15) is 13.6 Å². The molecule has 2 aromatic rings. The summed E-state index contributed by atoms with van der Waals surface area (Å²) in [6, 6.07) is 10.9. The molecule has 4 aliphatic heterocycles. The molecular formula is C40H50BN5O8. The molecule has 5 amide bonds. The van der Waals surface area contributed by atoms with Gasteiger partial charge < -0.3 is 39.5 Å². The van der Waals surface area contributed by atoms with Gasteiger partial charge in [-0.15, -0.1) is 0 Å². The lowest BCUT2D eigenvalue weighted by atomic mass is 9.78. The van der Waals surface area contributed by atoms with Crippen LogP contribution in [-0.4, -0.2) is 127 Å². The molecule has 3 fully saturated rings. The largest absolute Gasteiger partial charge is 0.508 e. The number of esters is 1. The van der Waals surface area contributed by atoms with Gasteiger partial charge in [-0.3, -0.25) is 9.59 Å². The van der Waals surface area contributed by atoms with Crippen LogP contribution in [0, 0.1) is 11.8 Å². The lowest BCUT2D eigenvalue weighted by Gasteiger charge is -2.41. The minimum Gasteiger partial charge on any atom is -0.508 e. The topological polar surface area (TPSA) is 149 Å².